The van der Waals surface area contributed by atoms with Gasteiger partial charge in [-0.25, -0.2) is 0 Å². The molecule has 4 nitrogen and oxygen atoms in total. The van der Waals surface area contributed by atoms with Gasteiger partial charge in [0.1, 0.15) is 0 Å². The summed E-state index contributed by atoms with van der Waals surface area (Å²) in [6.07, 6.45) is 2.09. The van der Waals surface area contributed by atoms with E-state index in [0.717, 1.165) is 5.70 Å². The zero-order valence-electron chi connectivity index (χ0n) is 14.5. The number of nitrogens with zero attached hydrogens (tertiary/aromatic N) is 1. The van der Waals surface area contributed by atoms with Crippen LogP contribution in [-0.2, 0) is 0 Å². The van der Waals surface area contributed by atoms with Crippen molar-refractivity contribution in [2.45, 2.75) is 26.3 Å². The number of rotatable bonds is 3. The van der Waals surface area contributed by atoms with Gasteiger partial charge in [0.15, 0.2) is 10.9 Å². The molecule has 0 saturated carbocycles. The van der Waals surface area contributed by atoms with Crippen molar-refractivity contribution >= 4 is 34.5 Å². The zero-order chi connectivity index (χ0) is 18.2. The Morgan fingerprint density at radius 2 is 1.80 bits per heavy atom. The maximum absolute atomic E-state index is 12.7. The number of nitrogens with two attached hydrogens (primary N) is 1. The van der Waals surface area contributed by atoms with Crippen LogP contribution in [0.1, 0.15) is 36.7 Å². The van der Waals surface area contributed by atoms with Crippen molar-refractivity contribution < 1.29 is 4.79 Å². The lowest BCUT2D eigenvalue weighted by molar-refractivity contribution is 0.103. The van der Waals surface area contributed by atoms with Crippen LogP contribution in [-0.4, -0.2) is 16.4 Å². The number of carbonyl (C=O) groups excluding carboxylic acids is 1. The molecule has 0 spiro atoms. The molecule has 0 atom stereocenters. The van der Waals surface area contributed by atoms with Crippen LogP contribution in [0.2, 0.25) is 0 Å². The fraction of sp³-hybridized carbons (Fsp3) is 0.200. The summed E-state index contributed by atoms with van der Waals surface area (Å²) in [6.45, 7) is 6.09. The molecule has 0 aliphatic carbocycles. The molecule has 1 aliphatic rings. The predicted molar refractivity (Wildman–Crippen MR) is 107 cm³/mol. The van der Waals surface area contributed by atoms with Gasteiger partial charge >= 0.3 is 0 Å². The van der Waals surface area contributed by atoms with Gasteiger partial charge in [-0.2, -0.15) is 0 Å². The first-order valence-electron chi connectivity index (χ1n) is 8.09. The standard InChI is InChI=1S/C20H21N3OS/c1-13-12-20(2,3)22-19(25)23(13)17-11-15(9-10-16(17)21)18(24)14-7-5-4-6-8-14/h4-12H,21H2,1-3H3,(H,22,25). The second kappa shape index (κ2) is 6.33. The Morgan fingerprint density at radius 1 is 1.12 bits per heavy atom. The largest absolute Gasteiger partial charge is 0.397 e. The number of thiocarbonyl (C=S) groups is 1. The fourth-order valence-corrected chi connectivity index (χ4v) is 3.55. The number of hydrogen-bond acceptors (Lipinski definition) is 3. The molecule has 128 valence electrons. The highest BCUT2D eigenvalue weighted by molar-refractivity contribution is 7.80. The lowest BCUT2D eigenvalue weighted by atomic mass is 9.99. The van der Waals surface area contributed by atoms with Gasteiger partial charge in [0.2, 0.25) is 0 Å². The molecule has 0 radical (unpaired) electrons. The quantitative estimate of drug-likeness (QED) is 0.499. The summed E-state index contributed by atoms with van der Waals surface area (Å²) in [7, 11) is 0. The molecule has 0 bridgehead atoms. The molecule has 0 aromatic heterocycles. The Labute approximate surface area is 153 Å². The first-order chi connectivity index (χ1) is 11.8. The van der Waals surface area contributed by atoms with E-state index in [1.165, 1.54) is 0 Å². The van der Waals surface area contributed by atoms with E-state index in [9.17, 15) is 4.79 Å². The molecule has 3 rings (SSSR count). The molecular weight excluding hydrogens is 330 g/mol. The molecule has 5 heteroatoms. The number of carbonyl (C=O) groups is 1. The van der Waals surface area contributed by atoms with Crippen LogP contribution >= 0.6 is 12.2 Å². The van der Waals surface area contributed by atoms with Gasteiger partial charge in [0, 0.05) is 16.8 Å². The van der Waals surface area contributed by atoms with Crippen LogP contribution in [0.3, 0.4) is 0 Å². The highest BCUT2D eigenvalue weighted by atomic mass is 32.1. The van der Waals surface area contributed by atoms with E-state index in [-0.39, 0.29) is 11.3 Å². The van der Waals surface area contributed by atoms with Crippen molar-refractivity contribution in [3.8, 4) is 0 Å². The second-order valence-corrected chi connectivity index (χ2v) is 7.13. The Morgan fingerprint density at radius 3 is 2.44 bits per heavy atom. The highest BCUT2D eigenvalue weighted by Crippen LogP contribution is 2.32. The van der Waals surface area contributed by atoms with E-state index in [1.807, 2.05) is 30.0 Å². The van der Waals surface area contributed by atoms with Crippen molar-refractivity contribution in [3.05, 3.63) is 71.4 Å². The normalized spacial score (nSPS) is 16.2. The highest BCUT2D eigenvalue weighted by Gasteiger charge is 2.29. The molecule has 0 amide bonds. The molecule has 1 aliphatic heterocycles. The summed E-state index contributed by atoms with van der Waals surface area (Å²) in [5.41, 5.74) is 9.45. The summed E-state index contributed by atoms with van der Waals surface area (Å²) < 4.78 is 0. The van der Waals surface area contributed by atoms with Crippen LogP contribution < -0.4 is 16.0 Å². The summed E-state index contributed by atoms with van der Waals surface area (Å²) >= 11 is 5.53. The minimum atomic E-state index is -0.218. The topological polar surface area (TPSA) is 58.4 Å². The van der Waals surface area contributed by atoms with Gasteiger partial charge in [-0.15, -0.1) is 0 Å². The molecule has 2 aromatic carbocycles. The Balaban J connectivity index is 2.04. The molecule has 0 fully saturated rings. The van der Waals surface area contributed by atoms with Gasteiger partial charge in [-0.1, -0.05) is 30.3 Å². The number of ketones is 1. The first kappa shape index (κ1) is 17.2. The SMILES string of the molecule is CC1=CC(C)(C)NC(=S)N1c1cc(C(=O)c2ccccc2)ccc1N. The van der Waals surface area contributed by atoms with Gasteiger partial charge < -0.3 is 11.1 Å². The van der Waals surface area contributed by atoms with Crippen LogP contribution in [0.15, 0.2) is 60.3 Å². The maximum atomic E-state index is 12.7. The van der Waals surface area contributed by atoms with E-state index < -0.39 is 0 Å². The molecule has 3 N–H and O–H groups in total. The van der Waals surface area contributed by atoms with E-state index in [4.69, 9.17) is 18.0 Å². The van der Waals surface area contributed by atoms with Crippen molar-refractivity contribution in [1.29, 1.82) is 0 Å². The van der Waals surface area contributed by atoms with Crippen LogP contribution in [0.5, 0.6) is 0 Å². The molecule has 1 heterocycles. The number of anilines is 2. The Hall–Kier alpha value is -2.66. The van der Waals surface area contributed by atoms with Crippen LogP contribution in [0, 0.1) is 0 Å². The average molecular weight is 351 g/mol. The lowest BCUT2D eigenvalue weighted by Gasteiger charge is -2.38. The number of benzene rings is 2. The maximum Gasteiger partial charge on any atom is 0.193 e. The Bertz CT molecular complexity index is 872. The third kappa shape index (κ3) is 3.42. The molecular formula is C20H21N3OS. The number of allylic oxidation sites excluding steroid dienone is 1. The zero-order valence-corrected chi connectivity index (χ0v) is 15.4. The summed E-state index contributed by atoms with van der Waals surface area (Å²) in [5, 5.41) is 3.85. The predicted octanol–water partition coefficient (Wildman–Crippen LogP) is 3.88. The van der Waals surface area contributed by atoms with Gasteiger partial charge in [-0.3, -0.25) is 9.69 Å². The second-order valence-electron chi connectivity index (χ2n) is 6.74. The third-order valence-corrected chi connectivity index (χ3v) is 4.41. The van der Waals surface area contributed by atoms with Crippen LogP contribution in [0.4, 0.5) is 11.4 Å². The van der Waals surface area contributed by atoms with Crippen molar-refractivity contribution in [2.24, 2.45) is 0 Å². The summed E-state index contributed by atoms with van der Waals surface area (Å²) in [5.74, 6) is -0.0419. The fourth-order valence-electron chi connectivity index (χ4n) is 3.05. The molecule has 0 unspecified atom stereocenters. The minimum absolute atomic E-state index is 0.0419. The first-order valence-corrected chi connectivity index (χ1v) is 8.50. The van der Waals surface area contributed by atoms with Gasteiger partial charge in [0.05, 0.1) is 16.9 Å². The molecule has 0 saturated heterocycles. The minimum Gasteiger partial charge on any atom is -0.397 e. The van der Waals surface area contributed by atoms with E-state index >= 15 is 0 Å². The van der Waals surface area contributed by atoms with Crippen molar-refractivity contribution in [3.63, 3.8) is 0 Å². The monoisotopic (exact) mass is 351 g/mol. The van der Waals surface area contributed by atoms with E-state index in [2.05, 4.69) is 25.2 Å². The smallest absolute Gasteiger partial charge is 0.193 e. The average Bonchev–Trinajstić information content (AvgIpc) is 2.55. The van der Waals surface area contributed by atoms with Crippen LogP contribution in [0.25, 0.3) is 0 Å². The molecule has 2 aromatic rings. The summed E-state index contributed by atoms with van der Waals surface area (Å²) in [4.78, 5) is 14.6. The number of hydrogen-bond donors (Lipinski definition) is 2. The lowest BCUT2D eigenvalue weighted by Crippen LogP contribution is -2.53. The Kier molecular flexibility index (Phi) is 4.35. The number of nitrogen functional groups attached to an aromatic ring is 1. The van der Waals surface area contributed by atoms with Crippen molar-refractivity contribution in [1.82, 2.24) is 5.32 Å². The van der Waals surface area contributed by atoms with Crippen molar-refractivity contribution in [2.75, 3.05) is 10.6 Å². The molecule has 25 heavy (non-hydrogen) atoms. The number of nitrogens with one attached hydrogen (secondary N) is 1. The third-order valence-electron chi connectivity index (χ3n) is 4.12. The van der Waals surface area contributed by atoms with E-state index in [0.29, 0.717) is 27.6 Å². The van der Waals surface area contributed by atoms with E-state index in [1.54, 1.807) is 30.3 Å². The van der Waals surface area contributed by atoms with Gasteiger partial charge in [-0.05, 0) is 57.3 Å². The van der Waals surface area contributed by atoms with Gasteiger partial charge in [0.25, 0.3) is 0 Å². The summed E-state index contributed by atoms with van der Waals surface area (Å²) in [6, 6.07) is 14.5.